The summed E-state index contributed by atoms with van der Waals surface area (Å²) in [6.07, 6.45) is -1.50. The van der Waals surface area contributed by atoms with Gasteiger partial charge in [0.05, 0.1) is 11.2 Å². The van der Waals surface area contributed by atoms with Crippen LogP contribution in [-0.2, 0) is 11.3 Å². The van der Waals surface area contributed by atoms with Gasteiger partial charge in [-0.2, -0.15) is 18.3 Å². The van der Waals surface area contributed by atoms with Gasteiger partial charge in [-0.15, -0.1) is 0 Å². The minimum Gasteiger partial charge on any atom is -0.348 e. The van der Waals surface area contributed by atoms with Crippen molar-refractivity contribution in [3.05, 3.63) is 17.4 Å². The molecule has 0 aliphatic carbocycles. The smallest absolute Gasteiger partial charge is 0.348 e. The van der Waals surface area contributed by atoms with Gasteiger partial charge in [0.2, 0.25) is 0 Å². The zero-order valence-corrected chi connectivity index (χ0v) is 8.85. The number of carbonyl (C=O) groups is 1. The molecule has 16 heavy (non-hydrogen) atoms. The summed E-state index contributed by atoms with van der Waals surface area (Å²) in [4.78, 5) is 10.4. The molecule has 1 rings (SSSR count). The predicted molar refractivity (Wildman–Crippen MR) is 50.9 cm³/mol. The number of rotatable bonds is 4. The molecule has 0 aromatic carbocycles. The monoisotopic (exact) mass is 255 g/mol. The number of nitrogens with zero attached hydrogens (tertiary/aromatic N) is 2. The van der Waals surface area contributed by atoms with Crippen LogP contribution in [0.15, 0.2) is 12.4 Å². The summed E-state index contributed by atoms with van der Waals surface area (Å²) in [5, 5.41) is 6.05. The highest BCUT2D eigenvalue weighted by Crippen LogP contribution is 2.13. The van der Waals surface area contributed by atoms with E-state index in [4.69, 9.17) is 11.6 Å². The Morgan fingerprint density at radius 2 is 2.25 bits per heavy atom. The molecule has 1 amide bonds. The van der Waals surface area contributed by atoms with Crippen molar-refractivity contribution >= 4 is 17.5 Å². The van der Waals surface area contributed by atoms with Crippen molar-refractivity contribution in [2.45, 2.75) is 19.1 Å². The predicted octanol–water partition coefficient (Wildman–Crippen LogP) is 1.61. The first-order valence-corrected chi connectivity index (χ1v) is 4.80. The Labute approximate surface area is 94.4 Å². The molecule has 0 unspecified atom stereocenters. The maximum atomic E-state index is 11.8. The SMILES string of the molecule is O=C(NCCCn1cc(Cl)cn1)C(F)(F)F. The van der Waals surface area contributed by atoms with Crippen molar-refractivity contribution in [2.24, 2.45) is 0 Å². The Balaban J connectivity index is 2.20. The van der Waals surface area contributed by atoms with Crippen LogP contribution in [0.4, 0.5) is 13.2 Å². The first-order chi connectivity index (χ1) is 7.39. The van der Waals surface area contributed by atoms with Gasteiger partial charge in [-0.3, -0.25) is 9.48 Å². The maximum absolute atomic E-state index is 11.8. The summed E-state index contributed by atoms with van der Waals surface area (Å²) in [5.74, 6) is -1.93. The fraction of sp³-hybridized carbons (Fsp3) is 0.500. The molecule has 1 aromatic heterocycles. The van der Waals surface area contributed by atoms with Gasteiger partial charge >= 0.3 is 12.1 Å². The molecule has 0 spiro atoms. The zero-order chi connectivity index (χ0) is 12.2. The van der Waals surface area contributed by atoms with E-state index in [1.165, 1.54) is 10.9 Å². The molecular formula is C8H9ClF3N3O. The summed E-state index contributed by atoms with van der Waals surface area (Å²) in [6, 6.07) is 0. The van der Waals surface area contributed by atoms with Gasteiger partial charge in [0.15, 0.2) is 0 Å². The Hall–Kier alpha value is -1.24. The number of aryl methyl sites for hydroxylation is 1. The van der Waals surface area contributed by atoms with Crippen molar-refractivity contribution in [1.82, 2.24) is 15.1 Å². The van der Waals surface area contributed by atoms with Crippen LogP contribution < -0.4 is 5.32 Å². The second kappa shape index (κ2) is 5.20. The Kier molecular flexibility index (Phi) is 4.17. The average Bonchev–Trinajstić information content (AvgIpc) is 2.57. The Morgan fingerprint density at radius 1 is 1.56 bits per heavy atom. The van der Waals surface area contributed by atoms with Gasteiger partial charge in [0, 0.05) is 19.3 Å². The molecule has 90 valence electrons. The third-order valence-electron chi connectivity index (χ3n) is 1.71. The number of aromatic nitrogens is 2. The van der Waals surface area contributed by atoms with E-state index >= 15 is 0 Å². The van der Waals surface area contributed by atoms with Gasteiger partial charge in [0.1, 0.15) is 0 Å². The molecule has 4 nitrogen and oxygen atoms in total. The summed E-state index contributed by atoms with van der Waals surface area (Å²) < 4.78 is 36.8. The molecule has 0 atom stereocenters. The summed E-state index contributed by atoms with van der Waals surface area (Å²) in [6.45, 7) is 0.334. The lowest BCUT2D eigenvalue weighted by Crippen LogP contribution is -2.37. The van der Waals surface area contributed by atoms with Crippen LogP contribution in [0.2, 0.25) is 5.02 Å². The fourth-order valence-corrected chi connectivity index (χ4v) is 1.16. The van der Waals surface area contributed by atoms with Gasteiger partial charge in [-0.1, -0.05) is 11.6 Å². The molecule has 8 heteroatoms. The Morgan fingerprint density at radius 3 is 2.75 bits per heavy atom. The zero-order valence-electron chi connectivity index (χ0n) is 8.09. The molecule has 0 radical (unpaired) electrons. The number of alkyl halides is 3. The molecule has 0 saturated carbocycles. The lowest BCUT2D eigenvalue weighted by molar-refractivity contribution is -0.173. The second-order valence-electron chi connectivity index (χ2n) is 3.03. The van der Waals surface area contributed by atoms with Crippen molar-refractivity contribution in [3.8, 4) is 0 Å². The largest absolute Gasteiger partial charge is 0.471 e. The molecular weight excluding hydrogens is 247 g/mol. The molecule has 1 N–H and O–H groups in total. The van der Waals surface area contributed by atoms with Crippen LogP contribution in [0, 0.1) is 0 Å². The summed E-state index contributed by atoms with van der Waals surface area (Å²) in [5.41, 5.74) is 0. The number of halogens is 4. The standard InChI is InChI=1S/C8H9ClF3N3O/c9-6-4-14-15(5-6)3-1-2-13-7(16)8(10,11)12/h4-5H,1-3H2,(H,13,16). The van der Waals surface area contributed by atoms with Crippen LogP contribution in [0.3, 0.4) is 0 Å². The molecule has 0 aliphatic heterocycles. The van der Waals surface area contributed by atoms with Crippen LogP contribution in [-0.4, -0.2) is 28.4 Å². The number of hydrogen-bond acceptors (Lipinski definition) is 2. The van der Waals surface area contributed by atoms with Crippen molar-refractivity contribution in [1.29, 1.82) is 0 Å². The molecule has 0 fully saturated rings. The van der Waals surface area contributed by atoms with E-state index in [1.54, 1.807) is 11.5 Å². The van der Waals surface area contributed by atoms with E-state index in [9.17, 15) is 18.0 Å². The van der Waals surface area contributed by atoms with E-state index in [0.29, 0.717) is 18.0 Å². The highest BCUT2D eigenvalue weighted by atomic mass is 35.5. The van der Waals surface area contributed by atoms with Crippen LogP contribution in [0.1, 0.15) is 6.42 Å². The minimum absolute atomic E-state index is 0.0597. The van der Waals surface area contributed by atoms with E-state index in [-0.39, 0.29) is 6.54 Å². The van der Waals surface area contributed by atoms with Gasteiger partial charge in [0.25, 0.3) is 0 Å². The number of nitrogens with one attached hydrogen (secondary N) is 1. The highest BCUT2D eigenvalue weighted by molar-refractivity contribution is 6.30. The van der Waals surface area contributed by atoms with E-state index in [2.05, 4.69) is 5.10 Å². The maximum Gasteiger partial charge on any atom is 0.471 e. The normalized spacial score (nSPS) is 11.5. The van der Waals surface area contributed by atoms with Crippen LogP contribution in [0.5, 0.6) is 0 Å². The van der Waals surface area contributed by atoms with Crippen LogP contribution in [0.25, 0.3) is 0 Å². The molecule has 0 aliphatic rings. The number of amides is 1. The third kappa shape index (κ3) is 4.09. The summed E-state index contributed by atoms with van der Waals surface area (Å²) in [7, 11) is 0. The quantitative estimate of drug-likeness (QED) is 0.831. The average molecular weight is 256 g/mol. The second-order valence-corrected chi connectivity index (χ2v) is 3.47. The van der Waals surface area contributed by atoms with Crippen molar-refractivity contribution < 1.29 is 18.0 Å². The van der Waals surface area contributed by atoms with Crippen molar-refractivity contribution in [3.63, 3.8) is 0 Å². The van der Waals surface area contributed by atoms with Gasteiger partial charge < -0.3 is 5.32 Å². The third-order valence-corrected chi connectivity index (χ3v) is 1.90. The van der Waals surface area contributed by atoms with E-state index in [1.807, 2.05) is 0 Å². The van der Waals surface area contributed by atoms with Crippen molar-refractivity contribution in [2.75, 3.05) is 6.54 Å². The van der Waals surface area contributed by atoms with Gasteiger partial charge in [-0.05, 0) is 6.42 Å². The molecule has 0 saturated heterocycles. The minimum atomic E-state index is -4.82. The molecule has 1 aromatic rings. The number of carbonyl (C=O) groups excluding carboxylic acids is 1. The lowest BCUT2D eigenvalue weighted by atomic mass is 10.4. The van der Waals surface area contributed by atoms with E-state index in [0.717, 1.165) is 0 Å². The van der Waals surface area contributed by atoms with Gasteiger partial charge in [-0.25, -0.2) is 0 Å². The molecule has 0 bridgehead atoms. The highest BCUT2D eigenvalue weighted by Gasteiger charge is 2.38. The topological polar surface area (TPSA) is 46.9 Å². The lowest BCUT2D eigenvalue weighted by Gasteiger charge is -2.07. The van der Waals surface area contributed by atoms with E-state index < -0.39 is 12.1 Å². The Bertz CT molecular complexity index is 364. The molecule has 1 heterocycles. The fourth-order valence-electron chi connectivity index (χ4n) is 1.00. The summed E-state index contributed by atoms with van der Waals surface area (Å²) >= 11 is 5.58. The first kappa shape index (κ1) is 12.8. The first-order valence-electron chi connectivity index (χ1n) is 4.42. The number of hydrogen-bond donors (Lipinski definition) is 1. The van der Waals surface area contributed by atoms with Crippen LogP contribution >= 0.6 is 11.6 Å².